The fourth-order valence-electron chi connectivity index (χ4n) is 4.03. The summed E-state index contributed by atoms with van der Waals surface area (Å²) in [5, 5.41) is 12.5. The molecule has 0 aromatic heterocycles. The largest absolute Gasteiger partial charge is 0.481 e. The number of nitrogens with zero attached hydrogens (tertiary/aromatic N) is 4. The first-order valence-electron chi connectivity index (χ1n) is 10.4. The van der Waals surface area contributed by atoms with Gasteiger partial charge in [-0.15, -0.1) is 6.42 Å². The van der Waals surface area contributed by atoms with Crippen molar-refractivity contribution in [3.8, 4) is 18.1 Å². The topological polar surface area (TPSA) is 132 Å². The molecule has 3 fully saturated rings. The third-order valence-corrected chi connectivity index (χ3v) is 5.74. The number of carbonyl (C=O) groups excluding carboxylic acids is 3. The lowest BCUT2D eigenvalue weighted by Gasteiger charge is -2.35. The number of piperazine rings is 2. The Balaban J connectivity index is 1.33. The second kappa shape index (κ2) is 9.25. The highest BCUT2D eigenvalue weighted by atomic mass is 16.7. The van der Waals surface area contributed by atoms with Crippen LogP contribution in [0, 0.1) is 12.3 Å². The second-order valence-corrected chi connectivity index (χ2v) is 7.67. The lowest BCUT2D eigenvalue weighted by molar-refractivity contribution is -0.152. The molecule has 2 unspecified atom stereocenters. The van der Waals surface area contributed by atoms with Crippen molar-refractivity contribution in [2.75, 3.05) is 50.8 Å². The SMILES string of the molecule is C#CCOc1ccc(N2CCN(C(=O)ON3C(=O)C4CNCC(C(=O)O)N4C3=O)CC2)cc1. The van der Waals surface area contributed by atoms with Gasteiger partial charge in [-0.05, 0) is 24.3 Å². The summed E-state index contributed by atoms with van der Waals surface area (Å²) < 4.78 is 5.36. The van der Waals surface area contributed by atoms with Crippen LogP contribution >= 0.6 is 0 Å². The molecule has 3 aliphatic heterocycles. The van der Waals surface area contributed by atoms with Crippen molar-refractivity contribution in [2.24, 2.45) is 0 Å². The zero-order chi connectivity index (χ0) is 23.5. The van der Waals surface area contributed by atoms with Crippen LogP contribution in [-0.2, 0) is 14.4 Å². The van der Waals surface area contributed by atoms with Gasteiger partial charge >= 0.3 is 18.1 Å². The number of carboxylic acid groups (broad SMARTS) is 1. The van der Waals surface area contributed by atoms with Crippen molar-refractivity contribution < 1.29 is 33.9 Å². The van der Waals surface area contributed by atoms with Crippen molar-refractivity contribution >= 4 is 29.7 Å². The number of hydrogen-bond donors (Lipinski definition) is 2. The summed E-state index contributed by atoms with van der Waals surface area (Å²) in [5.74, 6) is 1.06. The molecule has 0 saturated carbocycles. The highest BCUT2D eigenvalue weighted by Crippen LogP contribution is 2.25. The van der Waals surface area contributed by atoms with Crippen molar-refractivity contribution in [3.05, 3.63) is 24.3 Å². The Morgan fingerprint density at radius 3 is 2.45 bits per heavy atom. The summed E-state index contributed by atoms with van der Waals surface area (Å²) in [6.07, 6.45) is 4.34. The number of fused-ring (bicyclic) bond motifs is 1. The van der Waals surface area contributed by atoms with Crippen molar-refractivity contribution in [1.82, 2.24) is 20.2 Å². The molecule has 1 aromatic carbocycles. The number of anilines is 1. The molecule has 12 heteroatoms. The van der Waals surface area contributed by atoms with Crippen LogP contribution in [0.3, 0.4) is 0 Å². The van der Waals surface area contributed by atoms with Crippen LogP contribution in [0.5, 0.6) is 5.75 Å². The normalized spacial score (nSPS) is 22.6. The van der Waals surface area contributed by atoms with Crippen molar-refractivity contribution in [1.29, 1.82) is 0 Å². The highest BCUT2D eigenvalue weighted by molar-refractivity contribution is 6.05. The van der Waals surface area contributed by atoms with E-state index < -0.39 is 36.1 Å². The summed E-state index contributed by atoms with van der Waals surface area (Å²) in [5.41, 5.74) is 0.949. The van der Waals surface area contributed by atoms with Crippen LogP contribution in [-0.4, -0.2) is 102 Å². The summed E-state index contributed by atoms with van der Waals surface area (Å²) in [6.45, 7) is 1.95. The summed E-state index contributed by atoms with van der Waals surface area (Å²) in [6, 6.07) is 4.23. The molecule has 4 amide bonds. The molecule has 2 atom stereocenters. The van der Waals surface area contributed by atoms with Gasteiger partial charge in [0.1, 0.15) is 24.4 Å². The minimum atomic E-state index is -1.24. The molecule has 0 spiro atoms. The number of benzene rings is 1. The number of rotatable bonds is 5. The van der Waals surface area contributed by atoms with Crippen molar-refractivity contribution in [3.63, 3.8) is 0 Å². The molecule has 4 rings (SSSR count). The summed E-state index contributed by atoms with van der Waals surface area (Å²) in [4.78, 5) is 58.8. The number of ether oxygens (including phenoxy) is 1. The Labute approximate surface area is 189 Å². The van der Waals surface area contributed by atoms with E-state index in [9.17, 15) is 24.3 Å². The maximum Gasteiger partial charge on any atom is 0.434 e. The predicted molar refractivity (Wildman–Crippen MR) is 113 cm³/mol. The number of carbonyl (C=O) groups is 4. The first-order valence-corrected chi connectivity index (χ1v) is 10.4. The third kappa shape index (κ3) is 4.35. The Hall–Kier alpha value is -3.98. The number of terminal acetylenes is 1. The molecular formula is C21H23N5O7. The fourth-order valence-corrected chi connectivity index (χ4v) is 4.03. The van der Waals surface area contributed by atoms with Crippen LogP contribution < -0.4 is 15.0 Å². The van der Waals surface area contributed by atoms with E-state index in [1.807, 2.05) is 24.3 Å². The quantitative estimate of drug-likeness (QED) is 0.446. The van der Waals surface area contributed by atoms with Gasteiger partial charge in [-0.2, -0.15) is 0 Å². The first-order chi connectivity index (χ1) is 15.9. The Morgan fingerprint density at radius 1 is 1.12 bits per heavy atom. The fraction of sp³-hybridized carbons (Fsp3) is 0.429. The molecule has 33 heavy (non-hydrogen) atoms. The van der Waals surface area contributed by atoms with Crippen LogP contribution in [0.15, 0.2) is 24.3 Å². The lowest BCUT2D eigenvalue weighted by atomic mass is 10.1. The zero-order valence-electron chi connectivity index (χ0n) is 17.7. The number of hydroxylamine groups is 2. The molecule has 3 saturated heterocycles. The predicted octanol–water partition coefficient (Wildman–Crippen LogP) is -0.439. The van der Waals surface area contributed by atoms with Gasteiger partial charge in [0.05, 0.1) is 0 Å². The van der Waals surface area contributed by atoms with E-state index >= 15 is 0 Å². The molecule has 3 heterocycles. The van der Waals surface area contributed by atoms with Crippen LogP contribution in [0.1, 0.15) is 0 Å². The van der Waals surface area contributed by atoms with E-state index in [4.69, 9.17) is 16.0 Å². The summed E-state index contributed by atoms with van der Waals surface area (Å²) in [7, 11) is 0. The molecule has 12 nitrogen and oxygen atoms in total. The van der Waals surface area contributed by atoms with E-state index in [2.05, 4.69) is 16.1 Å². The average Bonchev–Trinajstić information content (AvgIpc) is 3.08. The molecule has 2 N–H and O–H groups in total. The average molecular weight is 457 g/mol. The number of urea groups is 1. The van der Waals surface area contributed by atoms with Crippen LogP contribution in [0.25, 0.3) is 0 Å². The molecule has 3 aliphatic rings. The van der Waals surface area contributed by atoms with Gasteiger partial charge in [0.15, 0.2) is 0 Å². The Bertz CT molecular complexity index is 984. The van der Waals surface area contributed by atoms with Gasteiger partial charge in [0.25, 0.3) is 5.91 Å². The van der Waals surface area contributed by atoms with E-state index in [0.29, 0.717) is 37.0 Å². The minimum absolute atomic E-state index is 0.00557. The van der Waals surface area contributed by atoms with E-state index in [1.165, 1.54) is 4.90 Å². The third-order valence-electron chi connectivity index (χ3n) is 5.74. The van der Waals surface area contributed by atoms with Gasteiger partial charge in [0, 0.05) is 45.0 Å². The molecule has 0 radical (unpaired) electrons. The molecule has 0 bridgehead atoms. The highest BCUT2D eigenvalue weighted by Gasteiger charge is 2.54. The number of imide groups is 1. The number of aliphatic carboxylic acids is 1. The van der Waals surface area contributed by atoms with Crippen LogP contribution in [0.4, 0.5) is 15.3 Å². The Kier molecular flexibility index (Phi) is 6.23. The van der Waals surface area contributed by atoms with E-state index in [1.54, 1.807) is 0 Å². The maximum atomic E-state index is 12.6. The second-order valence-electron chi connectivity index (χ2n) is 7.67. The molecule has 0 aliphatic carbocycles. The Morgan fingerprint density at radius 2 is 1.82 bits per heavy atom. The van der Waals surface area contributed by atoms with Crippen molar-refractivity contribution in [2.45, 2.75) is 12.1 Å². The van der Waals surface area contributed by atoms with E-state index in [0.717, 1.165) is 10.6 Å². The standard InChI is InChI=1S/C21H23N5O7/c1-2-11-32-15-5-3-14(4-6-15)23-7-9-24(10-8-23)21(31)33-26-18(27)16-12-22-13-17(19(28)29)25(16)20(26)30/h1,3-6,16-17,22H,7-13H2,(H,28,29). The lowest BCUT2D eigenvalue weighted by Crippen LogP contribution is -2.60. The molecule has 1 aromatic rings. The van der Waals surface area contributed by atoms with Gasteiger partial charge in [0.2, 0.25) is 0 Å². The molecule has 174 valence electrons. The first kappa shape index (κ1) is 22.2. The smallest absolute Gasteiger partial charge is 0.434 e. The number of nitrogens with one attached hydrogen (secondary N) is 1. The van der Waals surface area contributed by atoms with Gasteiger partial charge in [-0.25, -0.2) is 14.4 Å². The minimum Gasteiger partial charge on any atom is -0.481 e. The number of carboxylic acids is 1. The van der Waals surface area contributed by atoms with Gasteiger partial charge < -0.3 is 29.8 Å². The summed E-state index contributed by atoms with van der Waals surface area (Å²) >= 11 is 0. The van der Waals surface area contributed by atoms with Gasteiger partial charge in [-0.1, -0.05) is 11.0 Å². The zero-order valence-corrected chi connectivity index (χ0v) is 17.7. The monoisotopic (exact) mass is 457 g/mol. The van der Waals surface area contributed by atoms with Gasteiger partial charge in [-0.3, -0.25) is 9.69 Å². The van der Waals surface area contributed by atoms with E-state index in [-0.39, 0.29) is 19.7 Å². The molecular weight excluding hydrogens is 434 g/mol. The maximum absolute atomic E-state index is 12.6. The number of hydrogen-bond acceptors (Lipinski definition) is 8. The number of amides is 4. The van der Waals surface area contributed by atoms with Crippen LogP contribution in [0.2, 0.25) is 0 Å².